The van der Waals surface area contributed by atoms with E-state index in [2.05, 4.69) is 4.90 Å². The molecule has 212 valence electrons. The van der Waals surface area contributed by atoms with E-state index in [-0.39, 0.29) is 17.3 Å². The van der Waals surface area contributed by atoms with E-state index < -0.39 is 23.1 Å². The fourth-order valence-corrected chi connectivity index (χ4v) is 6.55. The van der Waals surface area contributed by atoms with Gasteiger partial charge in [0.15, 0.2) is 0 Å². The van der Waals surface area contributed by atoms with Crippen LogP contribution in [-0.4, -0.2) is 29.1 Å². The van der Waals surface area contributed by atoms with Crippen LogP contribution in [0.2, 0.25) is 0 Å². The van der Waals surface area contributed by atoms with Crippen LogP contribution in [0.25, 0.3) is 11.1 Å². The van der Waals surface area contributed by atoms with Crippen molar-refractivity contribution in [1.82, 2.24) is 4.90 Å². The monoisotopic (exact) mass is 553 g/mol. The molecule has 1 saturated heterocycles. The van der Waals surface area contributed by atoms with E-state index in [1.165, 1.54) is 43.5 Å². The molecule has 7 heteroatoms. The number of aliphatic carboxylic acids is 1. The summed E-state index contributed by atoms with van der Waals surface area (Å²) in [6.45, 7) is 5.31. The van der Waals surface area contributed by atoms with Gasteiger partial charge in [-0.3, -0.25) is 9.69 Å². The van der Waals surface area contributed by atoms with Crippen LogP contribution in [0.1, 0.15) is 80.7 Å². The van der Waals surface area contributed by atoms with Gasteiger partial charge in [-0.05, 0) is 103 Å². The lowest BCUT2D eigenvalue weighted by molar-refractivity contribution is -0.143. The van der Waals surface area contributed by atoms with E-state index >= 15 is 0 Å². The fourth-order valence-electron chi connectivity index (χ4n) is 6.55. The molecular weight excluding hydrogens is 518 g/mol. The average molecular weight is 554 g/mol. The molecule has 3 aromatic rings. The van der Waals surface area contributed by atoms with Gasteiger partial charge < -0.3 is 5.11 Å². The summed E-state index contributed by atoms with van der Waals surface area (Å²) in [7, 11) is 0. The van der Waals surface area contributed by atoms with E-state index in [1.54, 1.807) is 25.1 Å². The molecule has 2 aliphatic rings. The standard InChI is InChI=1S/C33H35F4NO2/c1-3-16-31(2,30(39)40)27-7-4-6-26(28(27)22-8-12-24(13-9-22)33(35,36)37)29(23-10-14-25(34)15-11-23)38-20-5-17-32(21-38)18-19-32/h4,6-15,29H,3,5,16-21H2,1-2H3,(H,39,40). The van der Waals surface area contributed by atoms with Crippen molar-refractivity contribution in [3.8, 4) is 11.1 Å². The molecule has 2 unspecified atom stereocenters. The van der Waals surface area contributed by atoms with Gasteiger partial charge in [0.05, 0.1) is 17.0 Å². The highest BCUT2D eigenvalue weighted by molar-refractivity contribution is 5.86. The Morgan fingerprint density at radius 3 is 2.25 bits per heavy atom. The summed E-state index contributed by atoms with van der Waals surface area (Å²) in [6.07, 6.45) is 1.03. The van der Waals surface area contributed by atoms with Crippen LogP contribution in [0.3, 0.4) is 0 Å². The van der Waals surface area contributed by atoms with Gasteiger partial charge in [-0.1, -0.05) is 55.8 Å². The zero-order valence-corrected chi connectivity index (χ0v) is 22.9. The summed E-state index contributed by atoms with van der Waals surface area (Å²) in [4.78, 5) is 15.2. The molecule has 1 saturated carbocycles. The number of halogens is 4. The van der Waals surface area contributed by atoms with Gasteiger partial charge in [0.1, 0.15) is 5.82 Å². The molecule has 1 N–H and O–H groups in total. The predicted octanol–water partition coefficient (Wildman–Crippen LogP) is 8.62. The number of carbonyl (C=O) groups is 1. The summed E-state index contributed by atoms with van der Waals surface area (Å²) < 4.78 is 54.4. The zero-order valence-electron chi connectivity index (χ0n) is 22.9. The summed E-state index contributed by atoms with van der Waals surface area (Å²) in [5.41, 5.74) is 1.71. The number of carboxylic acids is 1. The van der Waals surface area contributed by atoms with Gasteiger partial charge in [-0.25, -0.2) is 4.39 Å². The van der Waals surface area contributed by atoms with Crippen molar-refractivity contribution in [2.24, 2.45) is 5.41 Å². The lowest BCUT2D eigenvalue weighted by Gasteiger charge is -2.41. The average Bonchev–Trinajstić information content (AvgIpc) is 3.67. The number of likely N-dealkylation sites (tertiary alicyclic amines) is 1. The van der Waals surface area contributed by atoms with Gasteiger partial charge in [0, 0.05) is 6.54 Å². The van der Waals surface area contributed by atoms with E-state index in [1.807, 2.05) is 19.1 Å². The highest BCUT2D eigenvalue weighted by atomic mass is 19.4. The minimum atomic E-state index is -4.48. The third-order valence-electron chi connectivity index (χ3n) is 8.91. The fraction of sp³-hybridized carbons (Fsp3) is 0.424. The maximum atomic E-state index is 14.0. The maximum Gasteiger partial charge on any atom is 0.416 e. The van der Waals surface area contributed by atoms with Crippen molar-refractivity contribution in [3.63, 3.8) is 0 Å². The number of nitrogens with zero attached hydrogens (tertiary/aromatic N) is 1. The van der Waals surface area contributed by atoms with E-state index in [0.717, 1.165) is 42.8 Å². The second-order valence-corrected chi connectivity index (χ2v) is 11.8. The number of hydrogen-bond donors (Lipinski definition) is 1. The summed E-state index contributed by atoms with van der Waals surface area (Å²) >= 11 is 0. The highest BCUT2D eigenvalue weighted by Gasteiger charge is 2.47. The number of alkyl halides is 3. The zero-order chi connectivity index (χ0) is 28.7. The molecule has 1 aliphatic carbocycles. The molecule has 0 bridgehead atoms. The van der Waals surface area contributed by atoms with Crippen LogP contribution in [0, 0.1) is 11.2 Å². The molecule has 0 radical (unpaired) electrons. The first-order chi connectivity index (χ1) is 19.0. The number of carboxylic acid groups (broad SMARTS) is 1. The number of benzene rings is 3. The van der Waals surface area contributed by atoms with E-state index in [4.69, 9.17) is 0 Å². The normalized spacial score (nSPS) is 19.2. The summed E-state index contributed by atoms with van der Waals surface area (Å²) in [5.74, 6) is -1.33. The van der Waals surface area contributed by atoms with Crippen LogP contribution in [0.15, 0.2) is 66.7 Å². The Labute approximate surface area is 232 Å². The lowest BCUT2D eigenvalue weighted by Crippen LogP contribution is -2.40. The Morgan fingerprint density at radius 1 is 1.00 bits per heavy atom. The van der Waals surface area contributed by atoms with Crippen LogP contribution >= 0.6 is 0 Å². The largest absolute Gasteiger partial charge is 0.481 e. The Bertz CT molecular complexity index is 1360. The quantitative estimate of drug-likeness (QED) is 0.284. The minimum absolute atomic E-state index is 0.278. The first kappa shape index (κ1) is 28.3. The van der Waals surface area contributed by atoms with Gasteiger partial charge >= 0.3 is 12.1 Å². The van der Waals surface area contributed by atoms with Crippen molar-refractivity contribution in [2.75, 3.05) is 13.1 Å². The molecule has 3 aromatic carbocycles. The van der Waals surface area contributed by atoms with Crippen LogP contribution < -0.4 is 0 Å². The molecule has 1 spiro atoms. The first-order valence-electron chi connectivity index (χ1n) is 14.0. The predicted molar refractivity (Wildman–Crippen MR) is 147 cm³/mol. The van der Waals surface area contributed by atoms with Crippen molar-refractivity contribution in [3.05, 3.63) is 94.8 Å². The van der Waals surface area contributed by atoms with Gasteiger partial charge in [0.2, 0.25) is 0 Å². The van der Waals surface area contributed by atoms with Gasteiger partial charge in [0.25, 0.3) is 0 Å². The van der Waals surface area contributed by atoms with E-state index in [0.29, 0.717) is 29.5 Å². The molecule has 1 aliphatic heterocycles. The highest BCUT2D eigenvalue weighted by Crippen LogP contribution is 2.54. The van der Waals surface area contributed by atoms with Gasteiger partial charge in [-0.2, -0.15) is 13.2 Å². The Hall–Kier alpha value is -3.19. The maximum absolute atomic E-state index is 14.0. The van der Waals surface area contributed by atoms with Crippen LogP contribution in [-0.2, 0) is 16.4 Å². The molecule has 40 heavy (non-hydrogen) atoms. The molecule has 2 fully saturated rings. The van der Waals surface area contributed by atoms with Crippen LogP contribution in [0.4, 0.5) is 17.6 Å². The minimum Gasteiger partial charge on any atom is -0.481 e. The summed E-state index contributed by atoms with van der Waals surface area (Å²) in [6, 6.07) is 16.7. The van der Waals surface area contributed by atoms with Crippen molar-refractivity contribution in [1.29, 1.82) is 0 Å². The molecule has 3 nitrogen and oxygen atoms in total. The molecule has 2 atom stereocenters. The third-order valence-corrected chi connectivity index (χ3v) is 8.91. The number of hydrogen-bond acceptors (Lipinski definition) is 2. The second-order valence-electron chi connectivity index (χ2n) is 11.8. The second kappa shape index (κ2) is 10.7. The molecule has 0 aromatic heterocycles. The van der Waals surface area contributed by atoms with Crippen molar-refractivity contribution >= 4 is 5.97 Å². The Balaban J connectivity index is 1.76. The Kier molecular flexibility index (Phi) is 7.55. The van der Waals surface area contributed by atoms with E-state index in [9.17, 15) is 27.5 Å². The smallest absolute Gasteiger partial charge is 0.416 e. The summed E-state index contributed by atoms with van der Waals surface area (Å²) in [5, 5.41) is 10.4. The van der Waals surface area contributed by atoms with Crippen LogP contribution in [0.5, 0.6) is 0 Å². The molecule has 5 rings (SSSR count). The molecule has 0 amide bonds. The lowest BCUT2D eigenvalue weighted by atomic mass is 9.73. The Morgan fingerprint density at radius 2 is 1.68 bits per heavy atom. The topological polar surface area (TPSA) is 40.5 Å². The molecular formula is C33H35F4NO2. The van der Waals surface area contributed by atoms with Gasteiger partial charge in [-0.15, -0.1) is 0 Å². The van der Waals surface area contributed by atoms with Crippen molar-refractivity contribution < 1.29 is 27.5 Å². The SMILES string of the molecule is CCCC(C)(C(=O)O)c1cccc(C(c2ccc(F)cc2)N2CCCC3(CC3)C2)c1-c1ccc(C(F)(F)F)cc1. The number of piperidine rings is 1. The molecule has 1 heterocycles. The third kappa shape index (κ3) is 5.40. The number of rotatable bonds is 8. The first-order valence-corrected chi connectivity index (χ1v) is 14.0. The van der Waals surface area contributed by atoms with Crippen molar-refractivity contribution in [2.45, 2.75) is 70.0 Å².